The number of anilines is 1. The van der Waals surface area contributed by atoms with Gasteiger partial charge in [-0.1, -0.05) is 24.3 Å². The van der Waals surface area contributed by atoms with Crippen LogP contribution in [0.3, 0.4) is 0 Å². The number of hydrogen-bond acceptors (Lipinski definition) is 6. The Labute approximate surface area is 183 Å². The summed E-state index contributed by atoms with van der Waals surface area (Å²) < 4.78 is 5.25. The molecule has 0 fully saturated rings. The smallest absolute Gasteiger partial charge is 0.254 e. The molecule has 30 heavy (non-hydrogen) atoms. The summed E-state index contributed by atoms with van der Waals surface area (Å²) in [6, 6.07) is 10.9. The van der Waals surface area contributed by atoms with E-state index in [0.29, 0.717) is 23.8 Å². The molecule has 0 aliphatic carbocycles. The summed E-state index contributed by atoms with van der Waals surface area (Å²) in [7, 11) is 1.61. The number of aryl methyl sites for hydroxylation is 2. The maximum absolute atomic E-state index is 13.6. The lowest BCUT2D eigenvalue weighted by molar-refractivity contribution is -0.119. The largest absolute Gasteiger partial charge is 0.383 e. The molecule has 0 saturated heterocycles. The molecule has 0 spiro atoms. The topological polar surface area (TPSA) is 71.5 Å². The molecular weight excluding hydrogens is 418 g/mol. The Morgan fingerprint density at radius 2 is 2.03 bits per heavy atom. The second kappa shape index (κ2) is 8.67. The molecule has 3 aromatic rings. The maximum Gasteiger partial charge on any atom is 0.254 e. The van der Waals surface area contributed by atoms with Crippen LogP contribution < -0.4 is 5.32 Å². The zero-order chi connectivity index (χ0) is 21.3. The van der Waals surface area contributed by atoms with Gasteiger partial charge in [0, 0.05) is 29.0 Å². The van der Waals surface area contributed by atoms with Gasteiger partial charge in [0.1, 0.15) is 0 Å². The first-order valence-corrected chi connectivity index (χ1v) is 11.4. The lowest BCUT2D eigenvalue weighted by Crippen LogP contribution is -2.47. The first-order chi connectivity index (χ1) is 14.5. The SMILES string of the molecule is COCCN1C(=O)c2ccccc2C(C(=O)Nc2nc(C)c(C)s2)C1c1cccs1. The summed E-state index contributed by atoms with van der Waals surface area (Å²) in [5.41, 5.74) is 2.22. The Kier molecular flexibility index (Phi) is 5.99. The third-order valence-corrected chi connectivity index (χ3v) is 7.28. The van der Waals surface area contributed by atoms with E-state index in [9.17, 15) is 9.59 Å². The van der Waals surface area contributed by atoms with Gasteiger partial charge < -0.3 is 15.0 Å². The van der Waals surface area contributed by atoms with Crippen LogP contribution in [0.15, 0.2) is 41.8 Å². The van der Waals surface area contributed by atoms with E-state index in [1.165, 1.54) is 11.3 Å². The highest BCUT2D eigenvalue weighted by Crippen LogP contribution is 2.44. The van der Waals surface area contributed by atoms with Crippen LogP contribution in [0.5, 0.6) is 0 Å². The van der Waals surface area contributed by atoms with Crippen molar-refractivity contribution in [2.24, 2.45) is 0 Å². The summed E-state index contributed by atoms with van der Waals surface area (Å²) in [6.07, 6.45) is 0. The number of carbonyl (C=O) groups excluding carboxylic acids is 2. The maximum atomic E-state index is 13.6. The number of thiazole rings is 1. The van der Waals surface area contributed by atoms with Crippen LogP contribution in [0.2, 0.25) is 0 Å². The number of nitrogens with one attached hydrogen (secondary N) is 1. The van der Waals surface area contributed by atoms with Crippen molar-refractivity contribution >= 4 is 39.6 Å². The van der Waals surface area contributed by atoms with Crippen LogP contribution in [0.1, 0.15) is 43.3 Å². The van der Waals surface area contributed by atoms with E-state index in [1.54, 1.807) is 29.4 Å². The highest BCUT2D eigenvalue weighted by Gasteiger charge is 2.44. The third kappa shape index (κ3) is 3.78. The van der Waals surface area contributed by atoms with Crippen molar-refractivity contribution in [1.82, 2.24) is 9.88 Å². The number of amides is 2. The molecule has 0 radical (unpaired) electrons. The number of carbonyl (C=O) groups is 2. The van der Waals surface area contributed by atoms with Crippen LogP contribution in [0.4, 0.5) is 5.13 Å². The molecule has 2 unspecified atom stereocenters. The highest BCUT2D eigenvalue weighted by atomic mass is 32.1. The minimum absolute atomic E-state index is 0.0777. The molecule has 1 aliphatic rings. The van der Waals surface area contributed by atoms with Crippen molar-refractivity contribution in [3.63, 3.8) is 0 Å². The number of methoxy groups -OCH3 is 1. The van der Waals surface area contributed by atoms with Crippen LogP contribution in [0, 0.1) is 13.8 Å². The number of nitrogens with zero attached hydrogens (tertiary/aromatic N) is 2. The second-order valence-corrected chi connectivity index (χ2v) is 9.35. The van der Waals surface area contributed by atoms with Crippen molar-refractivity contribution in [2.45, 2.75) is 25.8 Å². The number of thiophene rings is 1. The van der Waals surface area contributed by atoms with E-state index in [2.05, 4.69) is 10.3 Å². The van der Waals surface area contributed by atoms with Gasteiger partial charge in [0.25, 0.3) is 5.91 Å². The normalized spacial score (nSPS) is 18.4. The monoisotopic (exact) mass is 441 g/mol. The van der Waals surface area contributed by atoms with Crippen molar-refractivity contribution in [1.29, 1.82) is 0 Å². The van der Waals surface area contributed by atoms with Crippen LogP contribution in [0.25, 0.3) is 0 Å². The fraction of sp³-hybridized carbons (Fsp3) is 0.318. The number of ether oxygens (including phenoxy) is 1. The molecule has 156 valence electrons. The molecule has 0 saturated carbocycles. The summed E-state index contributed by atoms with van der Waals surface area (Å²) in [4.78, 5) is 35.2. The van der Waals surface area contributed by atoms with E-state index < -0.39 is 12.0 Å². The fourth-order valence-corrected chi connectivity index (χ4v) is 5.49. The van der Waals surface area contributed by atoms with Gasteiger partial charge in [-0.05, 0) is 36.9 Å². The first-order valence-electron chi connectivity index (χ1n) is 9.68. The van der Waals surface area contributed by atoms with Crippen molar-refractivity contribution in [3.05, 3.63) is 68.4 Å². The molecule has 0 bridgehead atoms. The van der Waals surface area contributed by atoms with Crippen LogP contribution in [-0.4, -0.2) is 42.0 Å². The summed E-state index contributed by atoms with van der Waals surface area (Å²) >= 11 is 3.01. The molecular formula is C22H23N3O3S2. The lowest BCUT2D eigenvalue weighted by atomic mass is 9.81. The fourth-order valence-electron chi connectivity index (χ4n) is 3.80. The van der Waals surface area contributed by atoms with E-state index >= 15 is 0 Å². The Hall–Kier alpha value is -2.55. The van der Waals surface area contributed by atoms with Crippen molar-refractivity contribution in [2.75, 3.05) is 25.6 Å². The van der Waals surface area contributed by atoms with Gasteiger partial charge in [0.2, 0.25) is 5.91 Å². The lowest BCUT2D eigenvalue weighted by Gasteiger charge is -2.41. The molecule has 1 N–H and O–H groups in total. The Morgan fingerprint density at radius 3 is 2.70 bits per heavy atom. The highest BCUT2D eigenvalue weighted by molar-refractivity contribution is 7.15. The molecule has 4 rings (SSSR count). The van der Waals surface area contributed by atoms with Crippen molar-refractivity contribution in [3.8, 4) is 0 Å². The Bertz CT molecular complexity index is 1040. The van der Waals surface area contributed by atoms with E-state index in [0.717, 1.165) is 21.0 Å². The minimum atomic E-state index is -0.543. The number of hydrogen-bond donors (Lipinski definition) is 1. The molecule has 6 nitrogen and oxygen atoms in total. The van der Waals surface area contributed by atoms with Gasteiger partial charge in [-0.2, -0.15) is 0 Å². The molecule has 1 aliphatic heterocycles. The zero-order valence-corrected chi connectivity index (χ0v) is 18.7. The van der Waals surface area contributed by atoms with E-state index in [-0.39, 0.29) is 11.8 Å². The summed E-state index contributed by atoms with van der Waals surface area (Å²) in [5.74, 6) is -0.783. The quantitative estimate of drug-likeness (QED) is 0.616. The van der Waals surface area contributed by atoms with Crippen LogP contribution >= 0.6 is 22.7 Å². The molecule has 2 amide bonds. The number of benzene rings is 1. The minimum Gasteiger partial charge on any atom is -0.383 e. The van der Waals surface area contributed by atoms with Crippen molar-refractivity contribution < 1.29 is 14.3 Å². The summed E-state index contributed by atoms with van der Waals surface area (Å²) in [5, 5.41) is 5.55. The van der Waals surface area contributed by atoms with E-state index in [1.807, 2.05) is 49.6 Å². The molecule has 8 heteroatoms. The Balaban J connectivity index is 1.79. The average Bonchev–Trinajstić information content (AvgIpc) is 3.37. The Morgan fingerprint density at radius 1 is 1.23 bits per heavy atom. The zero-order valence-electron chi connectivity index (χ0n) is 17.0. The number of rotatable bonds is 6. The third-order valence-electron chi connectivity index (χ3n) is 5.35. The molecule has 2 atom stereocenters. The predicted octanol–water partition coefficient (Wildman–Crippen LogP) is 4.39. The van der Waals surface area contributed by atoms with Gasteiger partial charge in [-0.25, -0.2) is 4.98 Å². The van der Waals surface area contributed by atoms with Gasteiger partial charge in [0.15, 0.2) is 5.13 Å². The van der Waals surface area contributed by atoms with Crippen LogP contribution in [-0.2, 0) is 9.53 Å². The van der Waals surface area contributed by atoms with Gasteiger partial charge >= 0.3 is 0 Å². The standard InChI is InChI=1S/C22H23N3O3S2/c1-13-14(2)30-22(23-13)24-20(26)18-15-7-4-5-8-16(15)21(27)25(10-11-28-3)19(18)17-9-6-12-29-17/h4-9,12,18-19H,10-11H2,1-3H3,(H,23,24,26). The molecule has 2 aromatic heterocycles. The molecule has 3 heterocycles. The summed E-state index contributed by atoms with van der Waals surface area (Å²) in [6.45, 7) is 4.72. The first kappa shape index (κ1) is 20.7. The van der Waals surface area contributed by atoms with Gasteiger partial charge in [-0.15, -0.1) is 22.7 Å². The average molecular weight is 442 g/mol. The van der Waals surface area contributed by atoms with Gasteiger partial charge in [-0.3, -0.25) is 9.59 Å². The molecule has 1 aromatic carbocycles. The second-order valence-electron chi connectivity index (χ2n) is 7.17. The van der Waals surface area contributed by atoms with Gasteiger partial charge in [0.05, 0.1) is 24.3 Å². The number of aromatic nitrogens is 1. The van der Waals surface area contributed by atoms with E-state index in [4.69, 9.17) is 4.74 Å². The number of fused-ring (bicyclic) bond motifs is 1. The predicted molar refractivity (Wildman–Crippen MR) is 119 cm³/mol.